The topological polar surface area (TPSA) is 117 Å². The third-order valence-corrected chi connectivity index (χ3v) is 4.29. The molecule has 0 bridgehead atoms. The molecular weight excluding hydrogens is 388 g/mol. The molecule has 2 atom stereocenters. The van der Waals surface area contributed by atoms with Crippen molar-refractivity contribution in [1.29, 1.82) is 0 Å². The Morgan fingerprint density at radius 2 is 1.07 bits per heavy atom. The van der Waals surface area contributed by atoms with Crippen LogP contribution in [0, 0.1) is 0 Å². The Bertz CT molecular complexity index is 691. The van der Waals surface area contributed by atoms with E-state index in [0.29, 0.717) is 13.2 Å². The van der Waals surface area contributed by atoms with Crippen molar-refractivity contribution in [1.82, 2.24) is 10.6 Å². The summed E-state index contributed by atoms with van der Waals surface area (Å²) in [6, 6.07) is 17.2. The zero-order chi connectivity index (χ0) is 21.6. The highest BCUT2D eigenvalue weighted by Crippen LogP contribution is 2.02. The Morgan fingerprint density at radius 1 is 0.700 bits per heavy atom. The van der Waals surface area contributed by atoms with Crippen molar-refractivity contribution in [3.8, 4) is 0 Å². The van der Waals surface area contributed by atoms with Crippen molar-refractivity contribution < 1.29 is 29.3 Å². The lowest BCUT2D eigenvalue weighted by atomic mass is 10.2. The highest BCUT2D eigenvalue weighted by molar-refractivity contribution is 5.74. The standard InChI is InChI=1S/C22H28N2O6/c25-21(26)19(15-29-13-17-7-3-1-4-8-17)23-11-12-24-20(22(27)28)16-30-14-18-9-5-2-6-10-18/h1-10,19-20,23-24H,11-16H2,(H,25,26)(H,27,28)/t19-,20-/m1/s1. The van der Waals surface area contributed by atoms with Gasteiger partial charge in [0.15, 0.2) is 0 Å². The lowest BCUT2D eigenvalue weighted by Gasteiger charge is -2.17. The maximum absolute atomic E-state index is 11.4. The number of benzene rings is 2. The number of carboxylic acids is 2. The average Bonchev–Trinajstić information content (AvgIpc) is 2.75. The van der Waals surface area contributed by atoms with Crippen LogP contribution in [0.3, 0.4) is 0 Å². The highest BCUT2D eigenvalue weighted by Gasteiger charge is 2.19. The minimum Gasteiger partial charge on any atom is -0.480 e. The van der Waals surface area contributed by atoms with Gasteiger partial charge in [0.05, 0.1) is 26.4 Å². The fraction of sp³-hybridized carbons (Fsp3) is 0.364. The van der Waals surface area contributed by atoms with E-state index >= 15 is 0 Å². The van der Waals surface area contributed by atoms with Crippen molar-refractivity contribution >= 4 is 11.9 Å². The van der Waals surface area contributed by atoms with Gasteiger partial charge in [-0.2, -0.15) is 0 Å². The van der Waals surface area contributed by atoms with Crippen molar-refractivity contribution in [2.24, 2.45) is 0 Å². The molecule has 2 aromatic rings. The normalized spacial score (nSPS) is 12.9. The van der Waals surface area contributed by atoms with Gasteiger partial charge in [-0.25, -0.2) is 0 Å². The fourth-order valence-electron chi connectivity index (χ4n) is 2.67. The van der Waals surface area contributed by atoms with Crippen LogP contribution in [-0.2, 0) is 32.3 Å². The highest BCUT2D eigenvalue weighted by atomic mass is 16.5. The number of aliphatic carboxylic acids is 2. The predicted molar refractivity (Wildman–Crippen MR) is 111 cm³/mol. The van der Waals surface area contributed by atoms with E-state index in [2.05, 4.69) is 10.6 Å². The van der Waals surface area contributed by atoms with Crippen LogP contribution in [0.25, 0.3) is 0 Å². The number of nitrogens with one attached hydrogen (secondary N) is 2. The Balaban J connectivity index is 1.65. The molecule has 0 saturated heterocycles. The fourth-order valence-corrected chi connectivity index (χ4v) is 2.67. The van der Waals surface area contributed by atoms with Crippen molar-refractivity contribution in [2.45, 2.75) is 25.3 Å². The summed E-state index contributed by atoms with van der Waals surface area (Å²) in [4.78, 5) is 22.8. The molecule has 0 saturated carbocycles. The molecule has 0 aliphatic carbocycles. The van der Waals surface area contributed by atoms with Crippen molar-refractivity contribution in [3.63, 3.8) is 0 Å². The lowest BCUT2D eigenvalue weighted by Crippen LogP contribution is -2.47. The van der Waals surface area contributed by atoms with Crippen LogP contribution >= 0.6 is 0 Å². The zero-order valence-corrected chi connectivity index (χ0v) is 16.7. The summed E-state index contributed by atoms with van der Waals surface area (Å²) >= 11 is 0. The van der Waals surface area contributed by atoms with Crippen LogP contribution in [0.4, 0.5) is 0 Å². The molecule has 162 valence electrons. The van der Waals surface area contributed by atoms with E-state index in [9.17, 15) is 19.8 Å². The molecule has 2 rings (SSSR count). The van der Waals surface area contributed by atoms with E-state index in [-0.39, 0.29) is 26.3 Å². The molecule has 0 aliphatic rings. The smallest absolute Gasteiger partial charge is 0.323 e. The first kappa shape index (κ1) is 23.5. The molecule has 30 heavy (non-hydrogen) atoms. The maximum atomic E-state index is 11.4. The van der Waals surface area contributed by atoms with Crippen LogP contribution in [-0.4, -0.2) is 60.5 Å². The second-order valence-corrected chi connectivity index (χ2v) is 6.69. The minimum atomic E-state index is -1.02. The van der Waals surface area contributed by atoms with Gasteiger partial charge in [-0.05, 0) is 11.1 Å². The average molecular weight is 416 g/mol. The summed E-state index contributed by atoms with van der Waals surface area (Å²) in [7, 11) is 0. The summed E-state index contributed by atoms with van der Waals surface area (Å²) < 4.78 is 11.0. The minimum absolute atomic E-state index is 0.00672. The van der Waals surface area contributed by atoms with Gasteiger partial charge in [0.1, 0.15) is 12.1 Å². The van der Waals surface area contributed by atoms with Crippen LogP contribution in [0.15, 0.2) is 60.7 Å². The van der Waals surface area contributed by atoms with Gasteiger partial charge in [-0.15, -0.1) is 0 Å². The summed E-state index contributed by atoms with van der Waals surface area (Å²) in [5.74, 6) is -2.05. The number of carbonyl (C=O) groups is 2. The third-order valence-electron chi connectivity index (χ3n) is 4.29. The van der Waals surface area contributed by atoms with Crippen LogP contribution in [0.2, 0.25) is 0 Å². The lowest BCUT2D eigenvalue weighted by molar-refractivity contribution is -0.142. The van der Waals surface area contributed by atoms with Crippen LogP contribution in [0.5, 0.6) is 0 Å². The molecule has 0 radical (unpaired) electrons. The van der Waals surface area contributed by atoms with E-state index in [1.165, 1.54) is 0 Å². The SMILES string of the molecule is O=C(O)[C@@H](COCc1ccccc1)NCCN[C@H](COCc1ccccc1)C(=O)O. The maximum Gasteiger partial charge on any atom is 0.323 e. The number of hydrogen-bond donors (Lipinski definition) is 4. The molecule has 2 aromatic carbocycles. The molecule has 0 aromatic heterocycles. The first-order chi connectivity index (χ1) is 14.6. The molecular formula is C22H28N2O6. The van der Waals surface area contributed by atoms with E-state index in [1.807, 2.05) is 60.7 Å². The first-order valence-electron chi connectivity index (χ1n) is 9.72. The van der Waals surface area contributed by atoms with Crippen LogP contribution < -0.4 is 10.6 Å². The largest absolute Gasteiger partial charge is 0.480 e. The van der Waals surface area contributed by atoms with E-state index in [1.54, 1.807) is 0 Å². The molecule has 0 heterocycles. The monoisotopic (exact) mass is 416 g/mol. The third kappa shape index (κ3) is 9.15. The molecule has 0 spiro atoms. The second kappa shape index (κ2) is 13.4. The van der Waals surface area contributed by atoms with Crippen molar-refractivity contribution in [2.75, 3.05) is 26.3 Å². The number of hydrogen-bond acceptors (Lipinski definition) is 6. The van der Waals surface area contributed by atoms with Gasteiger partial charge in [0.25, 0.3) is 0 Å². The summed E-state index contributed by atoms with van der Waals surface area (Å²) in [6.45, 7) is 1.20. The number of rotatable bonds is 15. The van der Waals surface area contributed by atoms with Gasteiger partial charge < -0.3 is 30.3 Å². The van der Waals surface area contributed by atoms with Gasteiger partial charge in [-0.3, -0.25) is 9.59 Å². The Kier molecular flexibility index (Phi) is 10.5. The van der Waals surface area contributed by atoms with E-state index in [4.69, 9.17) is 9.47 Å². The Morgan fingerprint density at radius 3 is 1.40 bits per heavy atom. The number of carboxylic acid groups (broad SMARTS) is 2. The molecule has 8 heteroatoms. The second-order valence-electron chi connectivity index (χ2n) is 6.69. The molecule has 4 N–H and O–H groups in total. The summed E-state index contributed by atoms with van der Waals surface area (Å²) in [5, 5.41) is 24.4. The zero-order valence-electron chi connectivity index (χ0n) is 16.7. The quantitative estimate of drug-likeness (QED) is 0.323. The van der Waals surface area contributed by atoms with E-state index in [0.717, 1.165) is 11.1 Å². The van der Waals surface area contributed by atoms with Gasteiger partial charge in [-0.1, -0.05) is 60.7 Å². The Labute approximate surface area is 175 Å². The van der Waals surface area contributed by atoms with E-state index < -0.39 is 24.0 Å². The van der Waals surface area contributed by atoms with Gasteiger partial charge in [0.2, 0.25) is 0 Å². The van der Waals surface area contributed by atoms with Gasteiger partial charge >= 0.3 is 11.9 Å². The molecule has 0 fully saturated rings. The van der Waals surface area contributed by atoms with Crippen molar-refractivity contribution in [3.05, 3.63) is 71.8 Å². The summed E-state index contributed by atoms with van der Waals surface area (Å²) in [6.07, 6.45) is 0. The molecule has 0 amide bonds. The van der Waals surface area contributed by atoms with Gasteiger partial charge in [0, 0.05) is 13.1 Å². The Hall–Kier alpha value is -2.78. The molecule has 8 nitrogen and oxygen atoms in total. The van der Waals surface area contributed by atoms with Crippen LogP contribution in [0.1, 0.15) is 11.1 Å². The predicted octanol–water partition coefficient (Wildman–Crippen LogP) is 1.51. The molecule has 0 aliphatic heterocycles. The molecule has 0 unspecified atom stereocenters. The summed E-state index contributed by atoms with van der Waals surface area (Å²) in [5.41, 5.74) is 1.92. The number of ether oxygens (including phenoxy) is 2. The first-order valence-corrected chi connectivity index (χ1v) is 9.72.